The first-order chi connectivity index (χ1) is 13.0. The van der Waals surface area contributed by atoms with Gasteiger partial charge in [0.05, 0.1) is 30.3 Å². The molecule has 0 bridgehead atoms. The van der Waals surface area contributed by atoms with Crippen LogP contribution in [-0.2, 0) is 19.0 Å². The summed E-state index contributed by atoms with van der Waals surface area (Å²) in [5.41, 5.74) is 0. The van der Waals surface area contributed by atoms with E-state index < -0.39 is 0 Å². The Bertz CT molecular complexity index is 454. The Labute approximate surface area is 162 Å². The molecule has 3 atom stereocenters. The summed E-state index contributed by atoms with van der Waals surface area (Å²) in [6, 6.07) is 0. The summed E-state index contributed by atoms with van der Waals surface area (Å²) in [5.74, 6) is 0.211. The Balaban J connectivity index is 1.32. The number of carbonyl (C=O) groups excluding carboxylic acids is 1. The van der Waals surface area contributed by atoms with Crippen LogP contribution in [-0.4, -0.2) is 53.5 Å². The number of aliphatic hydroxyl groups is 2. The molecule has 3 unspecified atom stereocenters. The van der Waals surface area contributed by atoms with Crippen LogP contribution in [0.15, 0.2) is 0 Å². The molecule has 27 heavy (non-hydrogen) atoms. The van der Waals surface area contributed by atoms with Crippen molar-refractivity contribution in [3.63, 3.8) is 0 Å². The maximum absolute atomic E-state index is 12.4. The number of carbonyl (C=O) groups is 1. The van der Waals surface area contributed by atoms with E-state index in [1.54, 1.807) is 0 Å². The monoisotopic (exact) mass is 384 g/mol. The third-order valence-corrected chi connectivity index (χ3v) is 6.58. The summed E-state index contributed by atoms with van der Waals surface area (Å²) in [5, 5.41) is 19.1. The third kappa shape index (κ3) is 6.41. The number of hydrogen-bond donors (Lipinski definition) is 2. The zero-order valence-corrected chi connectivity index (χ0v) is 16.6. The topological polar surface area (TPSA) is 85.2 Å². The smallest absolute Gasteiger partial charge is 0.309 e. The normalized spacial score (nSPS) is 40.5. The summed E-state index contributed by atoms with van der Waals surface area (Å²) in [7, 11) is 0. The SMILES string of the molecule is CC1CC(OC(=O)C2CCC(O)CC2)CCC1OCOC1CCC(O)CC1. The van der Waals surface area contributed by atoms with Crippen molar-refractivity contribution < 1.29 is 29.2 Å². The number of ether oxygens (including phenoxy) is 3. The Kier molecular flexibility index (Phi) is 7.94. The first kappa shape index (κ1) is 21.0. The number of rotatable bonds is 6. The van der Waals surface area contributed by atoms with E-state index in [9.17, 15) is 15.0 Å². The molecule has 0 aromatic carbocycles. The van der Waals surface area contributed by atoms with Crippen LogP contribution in [0.4, 0.5) is 0 Å². The lowest BCUT2D eigenvalue weighted by Crippen LogP contribution is -2.37. The van der Waals surface area contributed by atoms with E-state index in [0.29, 0.717) is 25.6 Å². The van der Waals surface area contributed by atoms with Gasteiger partial charge in [-0.2, -0.15) is 0 Å². The molecule has 0 aliphatic heterocycles. The average Bonchev–Trinajstić information content (AvgIpc) is 2.65. The van der Waals surface area contributed by atoms with Gasteiger partial charge in [0.2, 0.25) is 0 Å². The molecule has 156 valence electrons. The number of aliphatic hydroxyl groups excluding tert-OH is 2. The van der Waals surface area contributed by atoms with Crippen molar-refractivity contribution in [1.82, 2.24) is 0 Å². The molecule has 0 heterocycles. The second-order valence-electron chi connectivity index (χ2n) is 8.77. The fourth-order valence-electron chi connectivity index (χ4n) is 4.68. The molecule has 3 rings (SSSR count). The summed E-state index contributed by atoms with van der Waals surface area (Å²) in [6.07, 6.45) is 8.82. The Morgan fingerprint density at radius 1 is 0.815 bits per heavy atom. The summed E-state index contributed by atoms with van der Waals surface area (Å²) in [4.78, 5) is 12.4. The van der Waals surface area contributed by atoms with E-state index in [1.165, 1.54) is 0 Å². The van der Waals surface area contributed by atoms with Gasteiger partial charge < -0.3 is 24.4 Å². The highest BCUT2D eigenvalue weighted by Gasteiger charge is 2.33. The highest BCUT2D eigenvalue weighted by atomic mass is 16.7. The molecule has 6 heteroatoms. The Hall–Kier alpha value is -0.690. The van der Waals surface area contributed by atoms with Gasteiger partial charge in [0.1, 0.15) is 12.9 Å². The van der Waals surface area contributed by atoms with E-state index in [4.69, 9.17) is 14.2 Å². The van der Waals surface area contributed by atoms with Gasteiger partial charge in [0.15, 0.2) is 0 Å². The molecule has 3 fully saturated rings. The van der Waals surface area contributed by atoms with Crippen molar-refractivity contribution >= 4 is 5.97 Å². The van der Waals surface area contributed by atoms with Crippen molar-refractivity contribution in [2.24, 2.45) is 11.8 Å². The maximum atomic E-state index is 12.4. The minimum atomic E-state index is -0.248. The summed E-state index contributed by atoms with van der Waals surface area (Å²) >= 11 is 0. The van der Waals surface area contributed by atoms with Crippen LogP contribution in [0.25, 0.3) is 0 Å². The third-order valence-electron chi connectivity index (χ3n) is 6.58. The van der Waals surface area contributed by atoms with E-state index in [-0.39, 0.29) is 42.4 Å². The quantitative estimate of drug-likeness (QED) is 0.541. The van der Waals surface area contributed by atoms with Crippen LogP contribution in [0.5, 0.6) is 0 Å². The van der Waals surface area contributed by atoms with Crippen LogP contribution in [0.1, 0.15) is 77.6 Å². The lowest BCUT2D eigenvalue weighted by Gasteiger charge is -2.35. The fourth-order valence-corrected chi connectivity index (χ4v) is 4.68. The van der Waals surface area contributed by atoms with Gasteiger partial charge in [-0.1, -0.05) is 6.92 Å². The first-order valence-corrected chi connectivity index (χ1v) is 10.8. The van der Waals surface area contributed by atoms with Crippen molar-refractivity contribution in [1.29, 1.82) is 0 Å². The average molecular weight is 385 g/mol. The molecule has 2 N–H and O–H groups in total. The maximum Gasteiger partial charge on any atom is 0.309 e. The molecule has 0 saturated heterocycles. The van der Waals surface area contributed by atoms with Gasteiger partial charge >= 0.3 is 5.97 Å². The minimum absolute atomic E-state index is 0.0139. The number of hydrogen-bond acceptors (Lipinski definition) is 6. The minimum Gasteiger partial charge on any atom is -0.462 e. The zero-order chi connectivity index (χ0) is 19.2. The van der Waals surface area contributed by atoms with Crippen molar-refractivity contribution in [3.8, 4) is 0 Å². The molecular formula is C21H36O6. The van der Waals surface area contributed by atoms with Crippen LogP contribution >= 0.6 is 0 Å². The van der Waals surface area contributed by atoms with E-state index >= 15 is 0 Å². The molecule has 0 radical (unpaired) electrons. The fraction of sp³-hybridized carbons (Fsp3) is 0.952. The number of esters is 1. The van der Waals surface area contributed by atoms with E-state index in [1.807, 2.05) is 0 Å². The summed E-state index contributed by atoms with van der Waals surface area (Å²) < 4.78 is 17.5. The molecule has 3 aliphatic rings. The van der Waals surface area contributed by atoms with Crippen LogP contribution < -0.4 is 0 Å². The molecule has 0 aromatic heterocycles. The summed E-state index contributed by atoms with van der Waals surface area (Å²) in [6.45, 7) is 2.46. The van der Waals surface area contributed by atoms with Crippen LogP contribution in [0, 0.1) is 11.8 Å². The lowest BCUT2D eigenvalue weighted by atomic mass is 9.85. The molecule has 6 nitrogen and oxygen atoms in total. The van der Waals surface area contributed by atoms with Gasteiger partial charge in [-0.15, -0.1) is 0 Å². The lowest BCUT2D eigenvalue weighted by molar-refractivity contribution is -0.169. The Morgan fingerprint density at radius 2 is 1.41 bits per heavy atom. The highest BCUT2D eigenvalue weighted by molar-refractivity contribution is 5.72. The predicted octanol–water partition coefficient (Wildman–Crippen LogP) is 2.93. The van der Waals surface area contributed by atoms with Gasteiger partial charge in [-0.25, -0.2) is 0 Å². The second-order valence-corrected chi connectivity index (χ2v) is 8.77. The van der Waals surface area contributed by atoms with Gasteiger partial charge in [0, 0.05) is 0 Å². The molecule has 0 amide bonds. The molecule has 3 saturated carbocycles. The van der Waals surface area contributed by atoms with Crippen molar-refractivity contribution in [2.75, 3.05) is 6.79 Å². The standard InChI is InChI=1S/C21H36O6/c1-14-12-19(27-21(24)15-2-4-16(22)5-3-15)10-11-20(14)26-13-25-18-8-6-17(23)7-9-18/h14-20,22-23H,2-13H2,1H3. The molecular weight excluding hydrogens is 348 g/mol. The predicted molar refractivity (Wildman–Crippen MR) is 99.9 cm³/mol. The molecule has 3 aliphatic carbocycles. The first-order valence-electron chi connectivity index (χ1n) is 10.8. The van der Waals surface area contributed by atoms with Gasteiger partial charge in [-0.05, 0) is 76.5 Å². The van der Waals surface area contributed by atoms with E-state index in [2.05, 4.69) is 6.92 Å². The largest absolute Gasteiger partial charge is 0.462 e. The van der Waals surface area contributed by atoms with Crippen molar-refractivity contribution in [2.45, 2.75) is 108 Å². The highest BCUT2D eigenvalue weighted by Crippen LogP contribution is 2.31. The van der Waals surface area contributed by atoms with Crippen LogP contribution in [0.2, 0.25) is 0 Å². The zero-order valence-electron chi connectivity index (χ0n) is 16.6. The molecule has 0 aromatic rings. The Morgan fingerprint density at radius 3 is 2.04 bits per heavy atom. The van der Waals surface area contributed by atoms with E-state index in [0.717, 1.165) is 57.8 Å². The van der Waals surface area contributed by atoms with Gasteiger partial charge in [0.25, 0.3) is 0 Å². The van der Waals surface area contributed by atoms with Crippen molar-refractivity contribution in [3.05, 3.63) is 0 Å². The molecule has 0 spiro atoms. The van der Waals surface area contributed by atoms with Gasteiger partial charge in [-0.3, -0.25) is 4.79 Å². The second kappa shape index (κ2) is 10.2. The van der Waals surface area contributed by atoms with Crippen LogP contribution in [0.3, 0.4) is 0 Å².